The van der Waals surface area contributed by atoms with E-state index in [0.29, 0.717) is 0 Å². The Balaban J connectivity index is 1.31. The predicted molar refractivity (Wildman–Crippen MR) is 262 cm³/mol. The first-order valence-electron chi connectivity index (χ1n) is 23.4. The van der Waals surface area contributed by atoms with Crippen LogP contribution in [0, 0.1) is 0 Å². The summed E-state index contributed by atoms with van der Waals surface area (Å²) in [5, 5.41) is 89.6. The van der Waals surface area contributed by atoms with Gasteiger partial charge in [-0.05, 0) is 313 Å². The summed E-state index contributed by atoms with van der Waals surface area (Å²) in [5.74, 6) is 0. The highest BCUT2D eigenvalue weighted by Crippen LogP contribution is 2.90. The van der Waals surface area contributed by atoms with Gasteiger partial charge in [-0.25, -0.2) is 0 Å². The average molecular weight is 750 g/mol. The van der Waals surface area contributed by atoms with Crippen molar-refractivity contribution in [1.82, 2.24) is 0 Å². The van der Waals surface area contributed by atoms with E-state index in [1.807, 2.05) is 0 Å². The normalized spacial score (nSPS) is 24.8. The molecule has 0 atom stereocenters. The second-order valence-electron chi connectivity index (χ2n) is 23.8. The largest absolute Gasteiger partial charge is 0.325 e. The van der Waals surface area contributed by atoms with Gasteiger partial charge in [-0.1, -0.05) is 0 Å². The lowest BCUT2D eigenvalue weighted by atomic mass is 9.68. The summed E-state index contributed by atoms with van der Waals surface area (Å²) in [6.45, 7) is 0. The van der Waals surface area contributed by atoms with Crippen molar-refractivity contribution in [3.63, 3.8) is 0 Å². The third kappa shape index (κ3) is 0.983. The SMILES string of the molecule is NC1C23c4c5c6c7c8c9c(c%10c%11c2c2c4c4c%12c5c5c6c6c8c8c%13c9c9c%10c%10c%11c%11c2c2c4c4c%12c%12c5c5c6c8c6c8c%13c9c9c%10c%10c%11c2c2c4c4c%12c5c6c5c8c9c%10c2c45)C713. The molecule has 252 valence electrons. The van der Waals surface area contributed by atoms with Crippen molar-refractivity contribution >= 4 is 291 Å². The topological polar surface area (TPSA) is 26.0 Å². The van der Waals surface area contributed by atoms with Crippen LogP contribution in [0.25, 0.3) is 291 Å². The molecule has 1 saturated carbocycles. The molecule has 0 aromatic heterocycles. The summed E-state index contributed by atoms with van der Waals surface area (Å²) in [6, 6.07) is 0.0450. The molecule has 33 rings (SSSR count). The van der Waals surface area contributed by atoms with Crippen molar-refractivity contribution in [1.29, 1.82) is 0 Å². The molecule has 62 heavy (non-hydrogen) atoms. The standard InChI is InChI=1S/C61H3N/c62-59-60-55-47-39-29-19-11-3-1-2-5-9-7(3)15-23-17(9)27-21-13(5)14-6(2)10-8-4(1)12(11)20-26-16(8)24-18(10)28-22(14)32-31(21)41-35(27)45-37(23)43(33(39)25(15)19)51(55)53(45)57-49(41)50-42(32)36(28)46-38(24)44-34(26)40(30(20)29)48(47)56(60)52(44)54(46)58(50)61(57,59)60/h59H,62H2. The van der Waals surface area contributed by atoms with Crippen LogP contribution in [-0.4, -0.2) is 6.04 Å². The molecule has 0 saturated heterocycles. The molecule has 28 aromatic rings. The first-order valence-corrected chi connectivity index (χ1v) is 23.4. The van der Waals surface area contributed by atoms with Gasteiger partial charge in [0.2, 0.25) is 0 Å². The Kier molecular flexibility index (Phi) is 1.53. The van der Waals surface area contributed by atoms with E-state index in [4.69, 9.17) is 5.73 Å². The predicted octanol–water partition coefficient (Wildman–Crippen LogP) is 15.6. The van der Waals surface area contributed by atoms with Gasteiger partial charge in [0.05, 0.1) is 10.8 Å². The molecule has 1 heteroatoms. The molecule has 0 radical (unpaired) electrons. The van der Waals surface area contributed by atoms with Crippen LogP contribution in [0.4, 0.5) is 0 Å². The second kappa shape index (κ2) is 4.46. The Bertz CT molecular complexity index is 6340. The molecule has 5 aliphatic carbocycles. The van der Waals surface area contributed by atoms with Gasteiger partial charge in [0, 0.05) is 6.04 Å². The molecule has 1 fully saturated rings. The van der Waals surface area contributed by atoms with Crippen LogP contribution in [0.5, 0.6) is 0 Å². The summed E-state index contributed by atoms with van der Waals surface area (Å²) in [4.78, 5) is 0. The molecule has 1 nitrogen and oxygen atoms in total. The van der Waals surface area contributed by atoms with E-state index >= 15 is 0 Å². The number of benzene rings is 18. The van der Waals surface area contributed by atoms with Gasteiger partial charge in [0.15, 0.2) is 0 Å². The molecule has 0 amide bonds. The lowest BCUT2D eigenvalue weighted by molar-refractivity contribution is 0.731. The van der Waals surface area contributed by atoms with E-state index in [1.54, 1.807) is 313 Å². The lowest BCUT2D eigenvalue weighted by Crippen LogP contribution is -2.27. The van der Waals surface area contributed by atoms with Gasteiger partial charge in [0.25, 0.3) is 0 Å². The van der Waals surface area contributed by atoms with Gasteiger partial charge in [-0.15, -0.1) is 0 Å². The van der Waals surface area contributed by atoms with Gasteiger partial charge in [0.1, 0.15) is 0 Å². The van der Waals surface area contributed by atoms with Crippen LogP contribution in [0.15, 0.2) is 0 Å². The minimum atomic E-state index is -0.210. The summed E-state index contributed by atoms with van der Waals surface area (Å²) < 4.78 is 0. The summed E-state index contributed by atoms with van der Waals surface area (Å²) in [5.41, 5.74) is 14.8. The highest BCUT2D eigenvalue weighted by atomic mass is 15.0. The number of hydrogen-bond acceptors (Lipinski definition) is 1. The Morgan fingerprint density at radius 2 is 0.226 bits per heavy atom. The summed E-state index contributed by atoms with van der Waals surface area (Å²) >= 11 is 0. The van der Waals surface area contributed by atoms with E-state index < -0.39 is 0 Å². The number of rotatable bonds is 0. The van der Waals surface area contributed by atoms with Crippen molar-refractivity contribution in [2.24, 2.45) is 5.73 Å². The highest BCUT2D eigenvalue weighted by Gasteiger charge is 2.85. The van der Waals surface area contributed by atoms with E-state index in [9.17, 15) is 0 Å². The Labute approximate surface area is 334 Å². The maximum absolute atomic E-state index is 8.42. The molecule has 28 aromatic carbocycles. The molecule has 2 spiro atoms. The first kappa shape index (κ1) is 21.3. The van der Waals surface area contributed by atoms with Crippen LogP contribution in [0.1, 0.15) is 22.3 Å². The molecule has 5 aliphatic rings. The van der Waals surface area contributed by atoms with Gasteiger partial charge >= 0.3 is 0 Å². The zero-order valence-corrected chi connectivity index (χ0v) is 31.2. The van der Waals surface area contributed by atoms with Crippen molar-refractivity contribution in [3.05, 3.63) is 22.3 Å². The monoisotopic (exact) mass is 749 g/mol. The van der Waals surface area contributed by atoms with Gasteiger partial charge in [-0.3, -0.25) is 0 Å². The smallest absolute Gasteiger partial charge is 0.0544 e. The van der Waals surface area contributed by atoms with Crippen LogP contribution < -0.4 is 5.73 Å². The zero-order valence-electron chi connectivity index (χ0n) is 31.2. The quantitative estimate of drug-likeness (QED) is 0.154. The minimum absolute atomic E-state index is 0.0450. The second-order valence-corrected chi connectivity index (χ2v) is 23.8. The van der Waals surface area contributed by atoms with Crippen molar-refractivity contribution in [2.45, 2.75) is 16.9 Å². The molecule has 0 bridgehead atoms. The molecule has 0 heterocycles. The molecule has 0 unspecified atom stereocenters. The Morgan fingerprint density at radius 3 is 0.323 bits per heavy atom. The fourth-order valence-corrected chi connectivity index (χ4v) is 24.5. The van der Waals surface area contributed by atoms with Crippen LogP contribution in [0.3, 0.4) is 0 Å². The minimum Gasteiger partial charge on any atom is -0.325 e. The maximum Gasteiger partial charge on any atom is 0.0544 e. The molecule has 2 N–H and O–H groups in total. The van der Waals surface area contributed by atoms with Crippen LogP contribution in [0.2, 0.25) is 0 Å². The van der Waals surface area contributed by atoms with E-state index in [1.165, 1.54) is 0 Å². The fourth-order valence-electron chi connectivity index (χ4n) is 24.5. The molecular weight excluding hydrogens is 747 g/mol. The van der Waals surface area contributed by atoms with Crippen molar-refractivity contribution < 1.29 is 0 Å². The van der Waals surface area contributed by atoms with Gasteiger partial charge in [-0.2, -0.15) is 0 Å². The third-order valence-corrected chi connectivity index (χ3v) is 24.3. The summed E-state index contributed by atoms with van der Waals surface area (Å²) in [6.07, 6.45) is 0. The number of nitrogens with two attached hydrogens (primary N) is 1. The molecule has 0 aliphatic heterocycles. The third-order valence-electron chi connectivity index (χ3n) is 24.3. The van der Waals surface area contributed by atoms with Crippen LogP contribution in [-0.2, 0) is 10.8 Å². The Morgan fingerprint density at radius 1 is 0.145 bits per heavy atom. The van der Waals surface area contributed by atoms with Gasteiger partial charge < -0.3 is 5.73 Å². The Hall–Kier alpha value is -7.58. The average Bonchev–Trinajstić information content (AvgIpc) is 4.12. The zero-order chi connectivity index (χ0) is 36.1. The fraction of sp³-hybridized carbons (Fsp3) is 0.0492. The summed E-state index contributed by atoms with van der Waals surface area (Å²) in [7, 11) is 0. The van der Waals surface area contributed by atoms with E-state index in [2.05, 4.69) is 0 Å². The van der Waals surface area contributed by atoms with Crippen molar-refractivity contribution in [2.75, 3.05) is 0 Å². The van der Waals surface area contributed by atoms with Crippen molar-refractivity contribution in [3.8, 4) is 0 Å². The van der Waals surface area contributed by atoms with Crippen LogP contribution >= 0.6 is 0 Å². The lowest BCUT2D eigenvalue weighted by Gasteiger charge is -2.32. The van der Waals surface area contributed by atoms with E-state index in [-0.39, 0.29) is 16.9 Å². The first-order chi connectivity index (χ1) is 30.9. The van der Waals surface area contributed by atoms with E-state index in [0.717, 1.165) is 0 Å². The highest BCUT2D eigenvalue weighted by molar-refractivity contribution is 6.82. The maximum atomic E-state index is 8.42. The molecular formula is C61H3N. The number of hydrogen-bond donors (Lipinski definition) is 1.